The normalized spacial score (nSPS) is 13.1. The summed E-state index contributed by atoms with van der Waals surface area (Å²) in [5.41, 5.74) is 13.2. The maximum absolute atomic E-state index is 12.7. The highest BCUT2D eigenvalue weighted by molar-refractivity contribution is 5.88. The molecule has 0 radical (unpaired) electrons. The zero-order chi connectivity index (χ0) is 35.4. The van der Waals surface area contributed by atoms with Crippen molar-refractivity contribution in [1.29, 1.82) is 0 Å². The molecular formula is C33H60N6O9. The van der Waals surface area contributed by atoms with E-state index in [0.717, 1.165) is 5.69 Å². The Morgan fingerprint density at radius 3 is 1.73 bits per heavy atom. The van der Waals surface area contributed by atoms with Gasteiger partial charge in [0.1, 0.15) is 6.04 Å². The van der Waals surface area contributed by atoms with Crippen molar-refractivity contribution in [3.05, 3.63) is 29.8 Å². The summed E-state index contributed by atoms with van der Waals surface area (Å²) in [6, 6.07) is 6.68. The second kappa shape index (κ2) is 27.9. The summed E-state index contributed by atoms with van der Waals surface area (Å²) in [6.45, 7) is 13.0. The second-order valence-electron chi connectivity index (χ2n) is 11.6. The van der Waals surface area contributed by atoms with Crippen LogP contribution in [0.5, 0.6) is 0 Å². The van der Waals surface area contributed by atoms with E-state index in [9.17, 15) is 14.4 Å². The van der Waals surface area contributed by atoms with E-state index >= 15 is 0 Å². The number of hydrogen-bond acceptors (Lipinski definition) is 11. The van der Waals surface area contributed by atoms with Gasteiger partial charge < -0.3 is 61.2 Å². The molecule has 0 saturated carbocycles. The zero-order valence-corrected chi connectivity index (χ0v) is 29.3. The number of ether oxygens (including phenoxy) is 6. The number of aryl methyl sites for hydroxylation is 1. The first-order valence-electron chi connectivity index (χ1n) is 16.8. The molecule has 1 rings (SSSR count). The van der Waals surface area contributed by atoms with Crippen molar-refractivity contribution < 1.29 is 42.8 Å². The fourth-order valence-electron chi connectivity index (χ4n) is 4.19. The molecule has 48 heavy (non-hydrogen) atoms. The number of rotatable bonds is 30. The molecule has 1 aromatic rings. The van der Waals surface area contributed by atoms with Crippen molar-refractivity contribution in [3.63, 3.8) is 0 Å². The number of carbonyl (C=O) groups excluding carboxylic acids is 3. The third-order valence-electron chi connectivity index (χ3n) is 6.80. The molecule has 0 saturated heterocycles. The van der Waals surface area contributed by atoms with Gasteiger partial charge in [-0.25, -0.2) is 4.79 Å². The molecule has 4 amide bonds. The minimum Gasteiger partial charge on any atom is -0.379 e. The Morgan fingerprint density at radius 1 is 0.729 bits per heavy atom. The van der Waals surface area contributed by atoms with Crippen LogP contribution in [0.1, 0.15) is 45.6 Å². The van der Waals surface area contributed by atoms with Crippen LogP contribution in [0.4, 0.5) is 10.5 Å². The Bertz CT molecular complexity index is 987. The van der Waals surface area contributed by atoms with Crippen LogP contribution in [-0.4, -0.2) is 122 Å². The largest absolute Gasteiger partial charge is 0.379 e. The quantitative estimate of drug-likeness (QED) is 0.0503. The van der Waals surface area contributed by atoms with E-state index < -0.39 is 12.1 Å². The minimum absolute atomic E-state index is 0.0882. The smallest absolute Gasteiger partial charge is 0.312 e. The Hall–Kier alpha value is -3.05. The molecule has 0 fully saturated rings. The third-order valence-corrected chi connectivity index (χ3v) is 6.80. The van der Waals surface area contributed by atoms with Gasteiger partial charge in [-0.3, -0.25) is 9.59 Å². The lowest BCUT2D eigenvalue weighted by atomic mass is 10.0. The summed E-state index contributed by atoms with van der Waals surface area (Å²) in [4.78, 5) is 35.8. The monoisotopic (exact) mass is 684 g/mol. The topological polar surface area (TPSA) is 207 Å². The van der Waals surface area contributed by atoms with Gasteiger partial charge >= 0.3 is 6.03 Å². The maximum atomic E-state index is 12.7. The molecule has 15 nitrogen and oxygen atoms in total. The number of benzene rings is 1. The van der Waals surface area contributed by atoms with Gasteiger partial charge in [-0.05, 0) is 44.7 Å². The predicted octanol–water partition coefficient (Wildman–Crippen LogP) is 1.28. The highest BCUT2D eigenvalue weighted by Crippen LogP contribution is 2.09. The number of carbonyl (C=O) groups is 3. The van der Waals surface area contributed by atoms with Gasteiger partial charge in [0.15, 0.2) is 0 Å². The van der Waals surface area contributed by atoms with E-state index in [4.69, 9.17) is 39.9 Å². The van der Waals surface area contributed by atoms with E-state index in [0.29, 0.717) is 92.1 Å². The molecule has 0 spiro atoms. The van der Waals surface area contributed by atoms with Crippen LogP contribution in [0, 0.1) is 12.8 Å². The van der Waals surface area contributed by atoms with E-state index in [2.05, 4.69) is 21.3 Å². The fraction of sp³-hybridized carbons (Fsp3) is 0.727. The molecule has 0 aliphatic rings. The van der Waals surface area contributed by atoms with Crippen molar-refractivity contribution in [2.45, 2.75) is 65.2 Å². The van der Waals surface area contributed by atoms with E-state index in [-0.39, 0.29) is 43.0 Å². The van der Waals surface area contributed by atoms with Crippen molar-refractivity contribution in [2.75, 3.05) is 91.1 Å². The first-order valence-corrected chi connectivity index (χ1v) is 16.8. The van der Waals surface area contributed by atoms with Crippen LogP contribution < -0.4 is 32.7 Å². The molecular weight excluding hydrogens is 624 g/mol. The molecule has 0 aliphatic heterocycles. The summed E-state index contributed by atoms with van der Waals surface area (Å²) in [6.07, 6.45) is 1.18. The first kappa shape index (κ1) is 43.0. The molecule has 0 aromatic heterocycles. The van der Waals surface area contributed by atoms with Gasteiger partial charge in [-0.15, -0.1) is 0 Å². The minimum atomic E-state index is -0.653. The number of amides is 4. The number of hydrogen-bond donors (Lipinski definition) is 6. The van der Waals surface area contributed by atoms with Crippen LogP contribution >= 0.6 is 0 Å². The maximum Gasteiger partial charge on any atom is 0.312 e. The fourth-order valence-corrected chi connectivity index (χ4v) is 4.19. The predicted molar refractivity (Wildman–Crippen MR) is 184 cm³/mol. The Balaban J connectivity index is 1.90. The van der Waals surface area contributed by atoms with Gasteiger partial charge in [-0.2, -0.15) is 0 Å². The van der Waals surface area contributed by atoms with E-state index in [1.54, 1.807) is 0 Å². The van der Waals surface area contributed by atoms with Crippen LogP contribution in [0.3, 0.4) is 0 Å². The van der Waals surface area contributed by atoms with Crippen molar-refractivity contribution >= 4 is 23.5 Å². The van der Waals surface area contributed by atoms with Gasteiger partial charge in [0.2, 0.25) is 11.8 Å². The summed E-state index contributed by atoms with van der Waals surface area (Å²) in [5, 5.41) is 11.4. The lowest BCUT2D eigenvalue weighted by Crippen LogP contribution is -2.51. The molecule has 15 heteroatoms. The molecule has 1 unspecified atom stereocenters. The zero-order valence-electron chi connectivity index (χ0n) is 29.3. The van der Waals surface area contributed by atoms with Gasteiger partial charge in [0.05, 0.1) is 85.4 Å². The highest BCUT2D eigenvalue weighted by atomic mass is 16.6. The van der Waals surface area contributed by atoms with Crippen molar-refractivity contribution in [3.8, 4) is 0 Å². The Morgan fingerprint density at radius 2 is 1.23 bits per heavy atom. The average molecular weight is 685 g/mol. The third kappa shape index (κ3) is 24.1. The molecule has 0 heterocycles. The lowest BCUT2D eigenvalue weighted by molar-refractivity contribution is -0.131. The SMILES string of the molecule is Cc1ccc(NC(N)COCCOCCOCCOCCOCCOCCC(=O)N[C@H](C(=O)N[C@@H](C)CCCNC(N)=O)C(C)C)cc1. The summed E-state index contributed by atoms with van der Waals surface area (Å²) >= 11 is 0. The van der Waals surface area contributed by atoms with Crippen molar-refractivity contribution in [2.24, 2.45) is 17.4 Å². The average Bonchev–Trinajstić information content (AvgIpc) is 3.03. The van der Waals surface area contributed by atoms with Crippen LogP contribution in [0.15, 0.2) is 24.3 Å². The van der Waals surface area contributed by atoms with Gasteiger partial charge in [0.25, 0.3) is 0 Å². The molecule has 0 aliphatic carbocycles. The standard InChI is InChI=1S/C33H60N6O9/c1-25(2)31(32(41)37-27(4)6-5-12-36-33(35)42)39-30(40)11-13-43-14-15-44-16-17-45-18-19-46-20-21-47-22-23-48-24-29(34)38-28-9-7-26(3)8-10-28/h7-10,25,27,29,31,38H,5-6,11-24,34H2,1-4H3,(H,37,41)(H,39,40)(H3,35,36,42)/t27-,29?,31-/m0/s1. The summed E-state index contributed by atoms with van der Waals surface area (Å²) < 4.78 is 33.0. The highest BCUT2D eigenvalue weighted by Gasteiger charge is 2.25. The number of nitrogens with two attached hydrogens (primary N) is 2. The molecule has 3 atom stereocenters. The van der Waals surface area contributed by atoms with Crippen molar-refractivity contribution in [1.82, 2.24) is 16.0 Å². The molecule has 276 valence electrons. The number of primary amides is 1. The van der Waals surface area contributed by atoms with E-state index in [1.807, 2.05) is 52.0 Å². The molecule has 0 bridgehead atoms. The Kier molecular flexibility index (Phi) is 24.9. The van der Waals surface area contributed by atoms with E-state index in [1.165, 1.54) is 5.56 Å². The van der Waals surface area contributed by atoms with Crippen LogP contribution in [0.2, 0.25) is 0 Å². The number of urea groups is 1. The van der Waals surface area contributed by atoms with Crippen LogP contribution in [-0.2, 0) is 38.0 Å². The first-order chi connectivity index (χ1) is 23.1. The molecule has 1 aromatic carbocycles. The second-order valence-corrected chi connectivity index (χ2v) is 11.6. The summed E-state index contributed by atoms with van der Waals surface area (Å²) in [5.74, 6) is -0.593. The number of nitrogens with one attached hydrogen (secondary N) is 4. The number of anilines is 1. The van der Waals surface area contributed by atoms with Gasteiger partial charge in [0, 0.05) is 24.7 Å². The molecule has 8 N–H and O–H groups in total. The summed E-state index contributed by atoms with van der Waals surface area (Å²) in [7, 11) is 0. The Labute approximate surface area is 285 Å². The van der Waals surface area contributed by atoms with Crippen LogP contribution in [0.25, 0.3) is 0 Å². The van der Waals surface area contributed by atoms with Gasteiger partial charge in [-0.1, -0.05) is 31.5 Å². The lowest BCUT2D eigenvalue weighted by Gasteiger charge is -2.24.